The summed E-state index contributed by atoms with van der Waals surface area (Å²) in [6.07, 6.45) is 0. The average Bonchev–Trinajstić information content (AvgIpc) is 1.81. The van der Waals surface area contributed by atoms with Gasteiger partial charge in [-0.05, 0) is 11.6 Å². The molecule has 0 atom stereocenters. The second-order valence-electron chi connectivity index (χ2n) is 3.46. The molecule has 0 amide bonds. The second-order valence-corrected chi connectivity index (χ2v) is 13.4. The van der Waals surface area contributed by atoms with E-state index in [1.54, 1.807) is 6.07 Å². The van der Waals surface area contributed by atoms with Gasteiger partial charge in [0.05, 0.1) is 0 Å². The van der Waals surface area contributed by atoms with Crippen LogP contribution in [0, 0.1) is 0 Å². The molecular weight excluding hydrogens is 243 g/mol. The molecule has 0 heterocycles. The fourth-order valence-electron chi connectivity index (χ4n) is 0.769. The molecule has 1 nitrogen and oxygen atoms in total. The topological polar surface area (TPSA) is 20.2 Å². The third-order valence-corrected chi connectivity index (χ3v) is 1.31. The van der Waals surface area contributed by atoms with Gasteiger partial charge >= 0.3 is 34.6 Å². The monoisotopic (exact) mass is 258 g/mol. The Morgan fingerprint density at radius 1 is 1.18 bits per heavy atom. The van der Waals surface area contributed by atoms with Crippen molar-refractivity contribution in [3.8, 4) is 16.9 Å². The Labute approximate surface area is 74.8 Å². The molecule has 60 valence electrons. The number of rotatable bonds is 0. The zero-order valence-electron chi connectivity index (χ0n) is 7.26. The van der Waals surface area contributed by atoms with Crippen molar-refractivity contribution in [2.45, 2.75) is 14.8 Å². The van der Waals surface area contributed by atoms with E-state index < -0.39 is 19.8 Å². The van der Waals surface area contributed by atoms with Crippen molar-refractivity contribution in [2.75, 3.05) is 0 Å². The molecular formula is C9H14OSn. The summed E-state index contributed by atoms with van der Waals surface area (Å²) in [7, 11) is 0. The Balaban J connectivity index is 0.000000134. The molecule has 1 N–H and O–H groups in total. The minimum absolute atomic E-state index is 0.442. The van der Waals surface area contributed by atoms with Gasteiger partial charge < -0.3 is 5.11 Å². The molecule has 0 spiro atoms. The second kappa shape index (κ2) is 3.48. The van der Waals surface area contributed by atoms with E-state index in [0.29, 0.717) is 5.75 Å². The predicted octanol–water partition coefficient (Wildman–Crippen LogP) is 2.48. The molecule has 2 aliphatic carbocycles. The summed E-state index contributed by atoms with van der Waals surface area (Å²) < 4.78 is 0. The molecule has 0 bridgehead atoms. The van der Waals surface area contributed by atoms with E-state index in [0.717, 1.165) is 5.56 Å². The molecule has 2 heteroatoms. The predicted molar refractivity (Wildman–Crippen MR) is 51.8 cm³/mol. The van der Waals surface area contributed by atoms with Crippen LogP contribution in [0.3, 0.4) is 0 Å². The van der Waals surface area contributed by atoms with Crippen LogP contribution in [0.1, 0.15) is 0 Å². The minimum atomic E-state index is -0.637. The molecule has 0 radical (unpaired) electrons. The standard InChI is InChI=1S/C6H4O.3CH3.Sn.H/c7-6-3-4-1-2-5(4)6;;;;;/h1-3,7H;3*1H3;;. The number of phenols is 1. The first kappa shape index (κ1) is 8.91. The first-order chi connectivity index (χ1) is 5.11. The van der Waals surface area contributed by atoms with Gasteiger partial charge in [0.15, 0.2) is 0 Å². The van der Waals surface area contributed by atoms with Crippen molar-refractivity contribution in [1.82, 2.24) is 0 Å². The van der Waals surface area contributed by atoms with E-state index in [-0.39, 0.29) is 0 Å². The van der Waals surface area contributed by atoms with Crippen molar-refractivity contribution in [2.24, 2.45) is 0 Å². The van der Waals surface area contributed by atoms with Crippen LogP contribution < -0.4 is 0 Å². The van der Waals surface area contributed by atoms with Gasteiger partial charge in [0.25, 0.3) is 0 Å². The molecule has 0 saturated carbocycles. The van der Waals surface area contributed by atoms with Crippen LogP contribution in [0.15, 0.2) is 18.2 Å². The molecule has 0 saturated heterocycles. The fourth-order valence-corrected chi connectivity index (χ4v) is 0.769. The van der Waals surface area contributed by atoms with Gasteiger partial charge in [-0.1, -0.05) is 12.1 Å². The van der Waals surface area contributed by atoms with Gasteiger partial charge in [0.1, 0.15) is 5.75 Å². The van der Waals surface area contributed by atoms with Gasteiger partial charge in [-0.25, -0.2) is 0 Å². The SMILES string of the molecule is Oc1cc2ccc1-2.[CH3][SnH]([CH3])[CH3]. The third kappa shape index (κ3) is 2.12. The molecule has 0 aromatic heterocycles. The van der Waals surface area contributed by atoms with Gasteiger partial charge in [0.2, 0.25) is 0 Å². The first-order valence-electron chi connectivity index (χ1n) is 3.94. The van der Waals surface area contributed by atoms with Crippen molar-refractivity contribution < 1.29 is 5.11 Å². The summed E-state index contributed by atoms with van der Waals surface area (Å²) in [5.74, 6) is 0.442. The zero-order chi connectivity index (χ0) is 8.43. The van der Waals surface area contributed by atoms with E-state index in [4.69, 9.17) is 5.11 Å². The van der Waals surface area contributed by atoms with Crippen LogP contribution >= 0.6 is 0 Å². The maximum absolute atomic E-state index is 8.69. The van der Waals surface area contributed by atoms with E-state index in [2.05, 4.69) is 14.8 Å². The summed E-state index contributed by atoms with van der Waals surface area (Å²) in [6.45, 7) is 0. The van der Waals surface area contributed by atoms with E-state index in [9.17, 15) is 0 Å². The fraction of sp³-hybridized carbons (Fsp3) is 0.333. The number of phenolic OH excluding ortho intramolecular Hbond substituents is 1. The molecule has 2 aliphatic rings. The molecule has 0 fully saturated rings. The molecule has 0 aromatic rings. The van der Waals surface area contributed by atoms with Gasteiger partial charge in [-0.2, -0.15) is 0 Å². The summed E-state index contributed by atoms with van der Waals surface area (Å²) in [4.78, 5) is 7.13. The van der Waals surface area contributed by atoms with Crippen LogP contribution in [-0.4, -0.2) is 24.9 Å². The Hall–Kier alpha value is -0.181. The Morgan fingerprint density at radius 3 is 1.73 bits per heavy atom. The van der Waals surface area contributed by atoms with Crippen LogP contribution in [0.4, 0.5) is 0 Å². The Bertz CT molecular complexity index is 253. The Kier molecular flexibility index (Phi) is 2.82. The molecule has 0 unspecified atom stereocenters. The first-order valence-corrected chi connectivity index (χ1v) is 13.8. The summed E-state index contributed by atoms with van der Waals surface area (Å²) in [5, 5.41) is 8.69. The van der Waals surface area contributed by atoms with Crippen molar-refractivity contribution >= 4 is 19.8 Å². The summed E-state index contributed by atoms with van der Waals surface area (Å²) in [6, 6.07) is 5.65. The molecule has 2 rings (SSSR count). The molecule has 11 heavy (non-hydrogen) atoms. The van der Waals surface area contributed by atoms with Crippen LogP contribution in [0.2, 0.25) is 14.8 Å². The zero-order valence-corrected chi connectivity index (χ0v) is 10.6. The van der Waals surface area contributed by atoms with E-state index in [1.807, 2.05) is 12.1 Å². The van der Waals surface area contributed by atoms with Crippen LogP contribution in [0.5, 0.6) is 5.75 Å². The van der Waals surface area contributed by atoms with Crippen molar-refractivity contribution in [3.63, 3.8) is 0 Å². The Morgan fingerprint density at radius 2 is 1.73 bits per heavy atom. The van der Waals surface area contributed by atoms with Crippen molar-refractivity contribution in [1.29, 1.82) is 0 Å². The number of benzene rings is 1. The maximum atomic E-state index is 8.69. The number of hydrogen-bond donors (Lipinski definition) is 1. The van der Waals surface area contributed by atoms with Crippen LogP contribution in [-0.2, 0) is 0 Å². The van der Waals surface area contributed by atoms with E-state index in [1.165, 1.54) is 5.56 Å². The molecule has 0 aromatic carbocycles. The summed E-state index contributed by atoms with van der Waals surface area (Å²) in [5.41, 5.74) is 2.22. The third-order valence-electron chi connectivity index (χ3n) is 1.31. The van der Waals surface area contributed by atoms with E-state index >= 15 is 0 Å². The number of hydrogen-bond acceptors (Lipinski definition) is 1. The van der Waals surface area contributed by atoms with Gasteiger partial charge in [-0.3, -0.25) is 0 Å². The normalized spacial score (nSPS) is 10.5. The van der Waals surface area contributed by atoms with Gasteiger partial charge in [-0.15, -0.1) is 0 Å². The van der Waals surface area contributed by atoms with Crippen molar-refractivity contribution in [3.05, 3.63) is 18.2 Å². The summed E-state index contributed by atoms with van der Waals surface area (Å²) >= 11 is -0.637. The molecule has 0 aliphatic heterocycles. The number of fused-ring (bicyclic) bond motifs is 1. The average molecular weight is 257 g/mol. The quantitative estimate of drug-likeness (QED) is 0.719. The number of aromatic hydroxyl groups is 1. The van der Waals surface area contributed by atoms with Gasteiger partial charge in [0, 0.05) is 5.56 Å². The van der Waals surface area contributed by atoms with Crippen LogP contribution in [0.25, 0.3) is 11.1 Å².